The van der Waals surface area contributed by atoms with Crippen molar-refractivity contribution in [1.29, 1.82) is 0 Å². The van der Waals surface area contributed by atoms with Gasteiger partial charge in [0, 0.05) is 12.0 Å². The van der Waals surface area contributed by atoms with Crippen LogP contribution in [0.5, 0.6) is 0 Å². The van der Waals surface area contributed by atoms with Crippen LogP contribution in [0, 0.1) is 18.8 Å². The van der Waals surface area contributed by atoms with Gasteiger partial charge in [0.15, 0.2) is 0 Å². The summed E-state index contributed by atoms with van der Waals surface area (Å²) >= 11 is 0. The van der Waals surface area contributed by atoms with Gasteiger partial charge < -0.3 is 10.1 Å². The largest absolute Gasteiger partial charge is 0.375 e. The quantitative estimate of drug-likeness (QED) is 0.884. The summed E-state index contributed by atoms with van der Waals surface area (Å²) < 4.78 is 5.97. The van der Waals surface area contributed by atoms with E-state index in [1.807, 2.05) is 7.05 Å². The molecule has 1 fully saturated rings. The lowest BCUT2D eigenvalue weighted by molar-refractivity contribution is 0.0478. The smallest absolute Gasteiger partial charge is 0.0600 e. The molecule has 0 spiro atoms. The molecule has 2 heteroatoms. The minimum atomic E-state index is 0.314. The number of benzene rings is 1. The predicted molar refractivity (Wildman–Crippen MR) is 75.6 cm³/mol. The van der Waals surface area contributed by atoms with Crippen LogP contribution in [0.2, 0.25) is 0 Å². The number of nitrogens with one attached hydrogen (secondary N) is 1. The van der Waals surface area contributed by atoms with Gasteiger partial charge >= 0.3 is 0 Å². The second kappa shape index (κ2) is 5.41. The molecule has 1 saturated heterocycles. The summed E-state index contributed by atoms with van der Waals surface area (Å²) in [5.74, 6) is 1.12. The molecule has 1 aromatic rings. The lowest BCUT2D eigenvalue weighted by Gasteiger charge is -2.29. The van der Waals surface area contributed by atoms with Crippen LogP contribution in [-0.4, -0.2) is 19.3 Å². The van der Waals surface area contributed by atoms with Crippen LogP contribution in [0.15, 0.2) is 24.3 Å². The fourth-order valence-corrected chi connectivity index (χ4v) is 3.22. The third-order valence-electron chi connectivity index (χ3n) is 4.45. The normalized spacial score (nSPS) is 33.6. The Morgan fingerprint density at radius 2 is 1.67 bits per heavy atom. The standard InChI is InChI=1S/C16H25NO/c1-10-6-8-14(9-7-10)16(17-5)15-11(2)12(3)18-13(15)4/h6-9,11-13,15-17H,1-5H3. The second-order valence-electron chi connectivity index (χ2n) is 5.66. The Balaban J connectivity index is 2.25. The molecule has 2 rings (SSSR count). The molecule has 5 unspecified atom stereocenters. The number of ether oxygens (including phenoxy) is 1. The van der Waals surface area contributed by atoms with Crippen LogP contribution in [0.25, 0.3) is 0 Å². The molecule has 0 aliphatic carbocycles. The first-order chi connectivity index (χ1) is 8.54. The first-order valence-electron chi connectivity index (χ1n) is 6.94. The minimum Gasteiger partial charge on any atom is -0.375 e. The van der Waals surface area contributed by atoms with Crippen molar-refractivity contribution in [3.8, 4) is 0 Å². The molecule has 0 amide bonds. The SMILES string of the molecule is CNC(c1ccc(C)cc1)C1C(C)OC(C)C1C. The molecule has 5 atom stereocenters. The van der Waals surface area contributed by atoms with E-state index < -0.39 is 0 Å². The fourth-order valence-electron chi connectivity index (χ4n) is 3.22. The molecular weight excluding hydrogens is 222 g/mol. The summed E-state index contributed by atoms with van der Waals surface area (Å²) in [4.78, 5) is 0. The second-order valence-corrected chi connectivity index (χ2v) is 5.66. The van der Waals surface area contributed by atoms with Crippen molar-refractivity contribution in [1.82, 2.24) is 5.32 Å². The van der Waals surface area contributed by atoms with Crippen LogP contribution in [0.4, 0.5) is 0 Å². The van der Waals surface area contributed by atoms with Crippen LogP contribution in [-0.2, 0) is 4.74 Å². The van der Waals surface area contributed by atoms with Gasteiger partial charge in [0.25, 0.3) is 0 Å². The molecule has 1 heterocycles. The van der Waals surface area contributed by atoms with Gasteiger partial charge in [-0.1, -0.05) is 36.8 Å². The summed E-state index contributed by atoms with van der Waals surface area (Å²) in [6, 6.07) is 9.22. The predicted octanol–water partition coefficient (Wildman–Crippen LogP) is 3.32. The van der Waals surface area contributed by atoms with E-state index in [2.05, 4.69) is 57.3 Å². The Labute approximate surface area is 111 Å². The maximum atomic E-state index is 5.97. The zero-order chi connectivity index (χ0) is 13.3. The Hall–Kier alpha value is -0.860. The monoisotopic (exact) mass is 247 g/mol. The van der Waals surface area contributed by atoms with Gasteiger partial charge in [-0.05, 0) is 39.3 Å². The van der Waals surface area contributed by atoms with Crippen LogP contribution < -0.4 is 5.32 Å². The van der Waals surface area contributed by atoms with E-state index >= 15 is 0 Å². The van der Waals surface area contributed by atoms with Crippen LogP contribution >= 0.6 is 0 Å². The first-order valence-corrected chi connectivity index (χ1v) is 6.94. The third-order valence-corrected chi connectivity index (χ3v) is 4.45. The topological polar surface area (TPSA) is 21.3 Å². The molecule has 1 aromatic carbocycles. The highest BCUT2D eigenvalue weighted by Gasteiger charge is 2.41. The van der Waals surface area contributed by atoms with Gasteiger partial charge in [0.1, 0.15) is 0 Å². The molecule has 100 valence electrons. The average Bonchev–Trinajstić information content (AvgIpc) is 2.59. The van der Waals surface area contributed by atoms with Gasteiger partial charge in [0.05, 0.1) is 12.2 Å². The van der Waals surface area contributed by atoms with E-state index in [4.69, 9.17) is 4.74 Å². The maximum absolute atomic E-state index is 5.97. The highest BCUT2D eigenvalue weighted by Crippen LogP contribution is 2.40. The van der Waals surface area contributed by atoms with Crippen LogP contribution in [0.1, 0.15) is 37.9 Å². The first kappa shape index (κ1) is 13.6. The van der Waals surface area contributed by atoms with Gasteiger partial charge in [0.2, 0.25) is 0 Å². The zero-order valence-corrected chi connectivity index (χ0v) is 12.1. The van der Waals surface area contributed by atoms with Gasteiger partial charge in [-0.25, -0.2) is 0 Å². The minimum absolute atomic E-state index is 0.314. The van der Waals surface area contributed by atoms with Crippen molar-refractivity contribution < 1.29 is 4.74 Å². The van der Waals surface area contributed by atoms with Crippen molar-refractivity contribution in [3.63, 3.8) is 0 Å². The molecule has 1 aliphatic heterocycles. The number of aryl methyl sites for hydroxylation is 1. The molecule has 1 aliphatic rings. The molecule has 0 bridgehead atoms. The highest BCUT2D eigenvalue weighted by atomic mass is 16.5. The van der Waals surface area contributed by atoms with E-state index in [9.17, 15) is 0 Å². The number of rotatable bonds is 3. The van der Waals surface area contributed by atoms with Crippen LogP contribution in [0.3, 0.4) is 0 Å². The average molecular weight is 247 g/mol. The maximum Gasteiger partial charge on any atom is 0.0600 e. The molecule has 0 aromatic heterocycles. The van der Waals surface area contributed by atoms with Gasteiger partial charge in [-0.2, -0.15) is 0 Å². The highest BCUT2D eigenvalue weighted by molar-refractivity contribution is 5.25. The molecule has 0 radical (unpaired) electrons. The van der Waals surface area contributed by atoms with E-state index in [-0.39, 0.29) is 0 Å². The van der Waals surface area contributed by atoms with Crippen molar-refractivity contribution in [2.24, 2.45) is 11.8 Å². The molecule has 0 saturated carbocycles. The summed E-state index contributed by atoms with van der Waals surface area (Å²) in [5.41, 5.74) is 2.68. The molecule has 18 heavy (non-hydrogen) atoms. The fraction of sp³-hybridized carbons (Fsp3) is 0.625. The molecule has 2 nitrogen and oxygen atoms in total. The third kappa shape index (κ3) is 2.45. The number of hydrogen-bond acceptors (Lipinski definition) is 2. The van der Waals surface area contributed by atoms with E-state index in [0.29, 0.717) is 30.1 Å². The Bertz CT molecular complexity index is 387. The summed E-state index contributed by atoms with van der Waals surface area (Å²) in [6.45, 7) is 8.81. The Kier molecular flexibility index (Phi) is 4.08. The molecular formula is C16H25NO. The van der Waals surface area contributed by atoms with Crippen molar-refractivity contribution in [3.05, 3.63) is 35.4 Å². The van der Waals surface area contributed by atoms with Gasteiger partial charge in [-0.3, -0.25) is 0 Å². The van der Waals surface area contributed by atoms with E-state index in [0.717, 1.165) is 0 Å². The Morgan fingerprint density at radius 1 is 1.06 bits per heavy atom. The lowest BCUT2D eigenvalue weighted by Crippen LogP contribution is -2.33. The Morgan fingerprint density at radius 3 is 2.11 bits per heavy atom. The zero-order valence-electron chi connectivity index (χ0n) is 12.1. The van der Waals surface area contributed by atoms with E-state index in [1.165, 1.54) is 11.1 Å². The van der Waals surface area contributed by atoms with Crippen molar-refractivity contribution in [2.75, 3.05) is 7.05 Å². The van der Waals surface area contributed by atoms with Crippen molar-refractivity contribution in [2.45, 2.75) is 45.9 Å². The van der Waals surface area contributed by atoms with Crippen molar-refractivity contribution >= 4 is 0 Å². The summed E-state index contributed by atoms with van der Waals surface area (Å²) in [7, 11) is 2.05. The van der Waals surface area contributed by atoms with E-state index in [1.54, 1.807) is 0 Å². The lowest BCUT2D eigenvalue weighted by atomic mass is 9.80. The van der Waals surface area contributed by atoms with Gasteiger partial charge in [-0.15, -0.1) is 0 Å². The number of hydrogen-bond donors (Lipinski definition) is 1. The summed E-state index contributed by atoms with van der Waals surface area (Å²) in [6.07, 6.45) is 0.667. The summed E-state index contributed by atoms with van der Waals surface area (Å²) in [5, 5.41) is 3.48. The molecule has 1 N–H and O–H groups in total.